The number of rotatable bonds is 6. The van der Waals surface area contributed by atoms with Crippen LogP contribution in [0.1, 0.15) is 51.1 Å². The van der Waals surface area contributed by atoms with Crippen molar-refractivity contribution >= 4 is 0 Å². The van der Waals surface area contributed by atoms with Crippen LogP contribution < -0.4 is 5.73 Å². The highest BCUT2D eigenvalue weighted by Crippen LogP contribution is 2.24. The number of nitrogens with two attached hydrogens (primary N) is 1. The minimum absolute atomic E-state index is 0.199. The minimum Gasteiger partial charge on any atom is -0.324 e. The lowest BCUT2D eigenvalue weighted by atomic mass is 9.86. The van der Waals surface area contributed by atoms with Gasteiger partial charge in [-0.25, -0.2) is 0 Å². The highest BCUT2D eigenvalue weighted by atomic mass is 15.1. The van der Waals surface area contributed by atoms with E-state index in [1.54, 1.807) is 0 Å². The maximum Gasteiger partial charge on any atom is 0.0295 e. The summed E-state index contributed by atoms with van der Waals surface area (Å²) in [6.07, 6.45) is 5.06. The SMILES string of the molecule is CC(C)C1CCN(CCCC(N)c2ccccc2)CC1. The Labute approximate surface area is 124 Å². The van der Waals surface area contributed by atoms with E-state index in [0.29, 0.717) is 0 Å². The molecule has 0 radical (unpaired) electrons. The fraction of sp³-hybridized carbons (Fsp3) is 0.667. The third-order valence-corrected chi connectivity index (χ3v) is 4.79. The first kappa shape index (κ1) is 15.5. The van der Waals surface area contributed by atoms with Gasteiger partial charge in [-0.05, 0) is 62.7 Å². The first-order chi connectivity index (χ1) is 9.66. The molecule has 20 heavy (non-hydrogen) atoms. The normalized spacial score (nSPS) is 19.4. The van der Waals surface area contributed by atoms with Crippen LogP contribution in [0.4, 0.5) is 0 Å². The van der Waals surface area contributed by atoms with Crippen LogP contribution in [-0.2, 0) is 0 Å². The Hall–Kier alpha value is -0.860. The number of hydrogen-bond donors (Lipinski definition) is 1. The van der Waals surface area contributed by atoms with Gasteiger partial charge in [0.1, 0.15) is 0 Å². The van der Waals surface area contributed by atoms with E-state index in [9.17, 15) is 0 Å². The first-order valence-electron chi connectivity index (χ1n) is 8.19. The van der Waals surface area contributed by atoms with Crippen LogP contribution in [0.25, 0.3) is 0 Å². The van der Waals surface area contributed by atoms with Crippen molar-refractivity contribution in [3.63, 3.8) is 0 Å². The topological polar surface area (TPSA) is 29.3 Å². The lowest BCUT2D eigenvalue weighted by Crippen LogP contribution is -2.36. The van der Waals surface area contributed by atoms with Crippen LogP contribution in [0.5, 0.6) is 0 Å². The molecule has 0 aliphatic carbocycles. The summed E-state index contributed by atoms with van der Waals surface area (Å²) in [5, 5.41) is 0. The van der Waals surface area contributed by atoms with E-state index in [2.05, 4.69) is 49.1 Å². The van der Waals surface area contributed by atoms with Crippen molar-refractivity contribution in [2.75, 3.05) is 19.6 Å². The van der Waals surface area contributed by atoms with E-state index >= 15 is 0 Å². The smallest absolute Gasteiger partial charge is 0.0295 e. The Morgan fingerprint density at radius 1 is 1.15 bits per heavy atom. The standard InChI is InChI=1S/C18H30N2/c1-15(2)16-10-13-20(14-11-16)12-6-9-18(19)17-7-4-3-5-8-17/h3-5,7-8,15-16,18H,6,9-14,19H2,1-2H3. The van der Waals surface area contributed by atoms with E-state index in [4.69, 9.17) is 5.73 Å². The molecule has 1 aliphatic rings. The highest BCUT2D eigenvalue weighted by Gasteiger charge is 2.21. The van der Waals surface area contributed by atoms with Crippen molar-refractivity contribution in [3.8, 4) is 0 Å². The molecule has 1 heterocycles. The molecule has 0 amide bonds. The largest absolute Gasteiger partial charge is 0.324 e. The lowest BCUT2D eigenvalue weighted by Gasteiger charge is -2.34. The molecule has 1 saturated heterocycles. The minimum atomic E-state index is 0.199. The summed E-state index contributed by atoms with van der Waals surface area (Å²) in [5.74, 6) is 1.79. The molecule has 1 aromatic carbocycles. The summed E-state index contributed by atoms with van der Waals surface area (Å²) in [4.78, 5) is 2.62. The molecule has 2 N–H and O–H groups in total. The summed E-state index contributed by atoms with van der Waals surface area (Å²) in [5.41, 5.74) is 7.52. The van der Waals surface area contributed by atoms with Crippen LogP contribution in [0, 0.1) is 11.8 Å². The second-order valence-corrected chi connectivity index (χ2v) is 6.58. The molecule has 1 aliphatic heterocycles. The molecular weight excluding hydrogens is 244 g/mol. The third kappa shape index (κ3) is 4.60. The molecule has 0 saturated carbocycles. The number of nitrogens with zero attached hydrogens (tertiary/aromatic N) is 1. The Kier molecular flexibility index (Phi) is 6.06. The molecule has 1 aromatic rings. The Bertz CT molecular complexity index is 366. The lowest BCUT2D eigenvalue weighted by molar-refractivity contribution is 0.155. The van der Waals surface area contributed by atoms with E-state index in [1.807, 2.05) is 0 Å². The molecule has 1 atom stereocenters. The van der Waals surface area contributed by atoms with Crippen LogP contribution in [0.3, 0.4) is 0 Å². The average molecular weight is 274 g/mol. The maximum absolute atomic E-state index is 6.25. The molecule has 2 heteroatoms. The van der Waals surface area contributed by atoms with Gasteiger partial charge in [0.25, 0.3) is 0 Å². The van der Waals surface area contributed by atoms with Crippen LogP contribution in [0.2, 0.25) is 0 Å². The van der Waals surface area contributed by atoms with Crippen molar-refractivity contribution in [2.45, 2.75) is 45.6 Å². The molecule has 2 nitrogen and oxygen atoms in total. The predicted molar refractivity (Wildman–Crippen MR) is 86.6 cm³/mol. The second kappa shape index (κ2) is 7.80. The van der Waals surface area contributed by atoms with Gasteiger partial charge in [-0.3, -0.25) is 0 Å². The molecule has 1 fully saturated rings. The summed E-state index contributed by atoms with van der Waals surface area (Å²) in [7, 11) is 0. The molecule has 112 valence electrons. The first-order valence-corrected chi connectivity index (χ1v) is 8.19. The quantitative estimate of drug-likeness (QED) is 0.854. The molecule has 2 rings (SSSR count). The number of piperidine rings is 1. The van der Waals surface area contributed by atoms with E-state index in [1.165, 1.54) is 44.5 Å². The average Bonchev–Trinajstić information content (AvgIpc) is 2.48. The summed E-state index contributed by atoms with van der Waals surface area (Å²) >= 11 is 0. The van der Waals surface area contributed by atoms with Gasteiger partial charge in [-0.2, -0.15) is 0 Å². The second-order valence-electron chi connectivity index (χ2n) is 6.58. The van der Waals surface area contributed by atoms with E-state index in [-0.39, 0.29) is 6.04 Å². The molecule has 0 spiro atoms. The maximum atomic E-state index is 6.25. The van der Waals surface area contributed by atoms with Crippen molar-refractivity contribution < 1.29 is 0 Å². The van der Waals surface area contributed by atoms with E-state index < -0.39 is 0 Å². The number of likely N-dealkylation sites (tertiary alicyclic amines) is 1. The van der Waals surface area contributed by atoms with Crippen LogP contribution in [0.15, 0.2) is 30.3 Å². The summed E-state index contributed by atoms with van der Waals surface area (Å²) in [6.45, 7) is 8.50. The van der Waals surface area contributed by atoms with Gasteiger partial charge in [-0.1, -0.05) is 44.2 Å². The van der Waals surface area contributed by atoms with Gasteiger partial charge in [0.2, 0.25) is 0 Å². The zero-order valence-electron chi connectivity index (χ0n) is 13.1. The van der Waals surface area contributed by atoms with Crippen molar-refractivity contribution in [3.05, 3.63) is 35.9 Å². The third-order valence-electron chi connectivity index (χ3n) is 4.79. The fourth-order valence-electron chi connectivity index (χ4n) is 3.24. The van der Waals surface area contributed by atoms with Crippen molar-refractivity contribution in [1.29, 1.82) is 0 Å². The molecule has 0 bridgehead atoms. The van der Waals surface area contributed by atoms with Gasteiger partial charge < -0.3 is 10.6 Å². The van der Waals surface area contributed by atoms with Crippen LogP contribution in [-0.4, -0.2) is 24.5 Å². The van der Waals surface area contributed by atoms with E-state index in [0.717, 1.165) is 18.3 Å². The van der Waals surface area contributed by atoms with Gasteiger partial charge >= 0.3 is 0 Å². The fourth-order valence-corrected chi connectivity index (χ4v) is 3.24. The summed E-state index contributed by atoms with van der Waals surface area (Å²) in [6, 6.07) is 10.7. The Balaban J connectivity index is 1.65. The van der Waals surface area contributed by atoms with Crippen LogP contribution >= 0.6 is 0 Å². The zero-order chi connectivity index (χ0) is 14.4. The summed E-state index contributed by atoms with van der Waals surface area (Å²) < 4.78 is 0. The monoisotopic (exact) mass is 274 g/mol. The van der Waals surface area contributed by atoms with Gasteiger partial charge in [-0.15, -0.1) is 0 Å². The predicted octanol–water partition coefficient (Wildman–Crippen LogP) is 3.83. The van der Waals surface area contributed by atoms with Crippen molar-refractivity contribution in [1.82, 2.24) is 4.90 Å². The highest BCUT2D eigenvalue weighted by molar-refractivity contribution is 5.18. The molecule has 0 aromatic heterocycles. The molecule has 1 unspecified atom stereocenters. The van der Waals surface area contributed by atoms with Gasteiger partial charge in [0.15, 0.2) is 0 Å². The van der Waals surface area contributed by atoms with Gasteiger partial charge in [0.05, 0.1) is 0 Å². The number of benzene rings is 1. The Morgan fingerprint density at radius 2 is 1.80 bits per heavy atom. The Morgan fingerprint density at radius 3 is 2.40 bits per heavy atom. The molecular formula is C18H30N2. The van der Waals surface area contributed by atoms with Gasteiger partial charge in [0, 0.05) is 6.04 Å². The number of hydrogen-bond acceptors (Lipinski definition) is 2. The zero-order valence-corrected chi connectivity index (χ0v) is 13.1. The van der Waals surface area contributed by atoms with Crippen molar-refractivity contribution in [2.24, 2.45) is 17.6 Å².